The molecule has 2 aliphatic heterocycles. The van der Waals surface area contributed by atoms with Crippen molar-refractivity contribution in [1.29, 1.82) is 0 Å². The molecule has 0 spiro atoms. The first-order chi connectivity index (χ1) is 16.3. The Morgan fingerprint density at radius 1 is 1.00 bits per heavy atom. The highest BCUT2D eigenvalue weighted by Gasteiger charge is 2.48. The van der Waals surface area contributed by atoms with Crippen LogP contribution in [0.15, 0.2) is 58.5 Å². The Morgan fingerprint density at radius 2 is 1.79 bits per heavy atom. The molecule has 0 saturated carbocycles. The van der Waals surface area contributed by atoms with Crippen LogP contribution < -0.4 is 14.5 Å². The SMILES string of the molecule is Cc1ccc(C2/C(=C(/O)c3ccc4c(c3)N(C)CCO4)C(=O)C(=O)N2c2ccc(C)c(C)c2)o1. The molecule has 2 aliphatic rings. The Balaban J connectivity index is 1.69. The number of carbonyl (C=O) groups excluding carboxylic acids is 2. The van der Waals surface area contributed by atoms with Crippen molar-refractivity contribution in [3.05, 3.63) is 82.3 Å². The molecule has 0 bridgehead atoms. The first-order valence-corrected chi connectivity index (χ1v) is 11.2. The molecule has 1 fully saturated rings. The molecule has 0 radical (unpaired) electrons. The second-order valence-electron chi connectivity index (χ2n) is 8.84. The van der Waals surface area contributed by atoms with Crippen LogP contribution in [-0.4, -0.2) is 37.0 Å². The summed E-state index contributed by atoms with van der Waals surface area (Å²) in [5.41, 5.74) is 3.88. The van der Waals surface area contributed by atoms with Gasteiger partial charge in [-0.3, -0.25) is 14.5 Å². The highest BCUT2D eigenvalue weighted by atomic mass is 16.5. The third-order valence-corrected chi connectivity index (χ3v) is 6.57. The van der Waals surface area contributed by atoms with E-state index >= 15 is 0 Å². The molecule has 1 aromatic heterocycles. The van der Waals surface area contributed by atoms with Gasteiger partial charge in [0.15, 0.2) is 0 Å². The third kappa shape index (κ3) is 3.44. The van der Waals surface area contributed by atoms with E-state index in [1.807, 2.05) is 44.0 Å². The number of benzene rings is 2. The Labute approximate surface area is 197 Å². The average molecular weight is 459 g/mol. The fourth-order valence-electron chi connectivity index (χ4n) is 4.50. The van der Waals surface area contributed by atoms with Gasteiger partial charge in [0.2, 0.25) is 0 Å². The molecule has 0 aliphatic carbocycles. The second-order valence-corrected chi connectivity index (χ2v) is 8.84. The maximum Gasteiger partial charge on any atom is 0.300 e. The van der Waals surface area contributed by atoms with Crippen LogP contribution >= 0.6 is 0 Å². The quantitative estimate of drug-likeness (QED) is 0.349. The van der Waals surface area contributed by atoms with Crippen molar-refractivity contribution in [3.63, 3.8) is 0 Å². The van der Waals surface area contributed by atoms with Gasteiger partial charge in [-0.2, -0.15) is 0 Å². The maximum absolute atomic E-state index is 13.3. The zero-order valence-corrected chi connectivity index (χ0v) is 19.6. The van der Waals surface area contributed by atoms with Crippen LogP contribution in [0, 0.1) is 20.8 Å². The van der Waals surface area contributed by atoms with Gasteiger partial charge >= 0.3 is 0 Å². The number of ether oxygens (including phenoxy) is 1. The Kier molecular flexibility index (Phi) is 5.20. The average Bonchev–Trinajstić information content (AvgIpc) is 3.36. The molecular weight excluding hydrogens is 432 g/mol. The number of aryl methyl sites for hydroxylation is 3. The van der Waals surface area contributed by atoms with Gasteiger partial charge < -0.3 is 19.2 Å². The Bertz CT molecular complexity index is 1350. The molecule has 1 saturated heterocycles. The van der Waals surface area contributed by atoms with Crippen LogP contribution in [0.3, 0.4) is 0 Å². The summed E-state index contributed by atoms with van der Waals surface area (Å²) in [5.74, 6) is 0.0621. The number of aliphatic hydroxyl groups excluding tert-OH is 1. The van der Waals surface area contributed by atoms with Crippen molar-refractivity contribution in [1.82, 2.24) is 0 Å². The predicted octanol–water partition coefficient (Wildman–Crippen LogP) is 4.66. The lowest BCUT2D eigenvalue weighted by Crippen LogP contribution is -2.29. The molecule has 1 atom stereocenters. The lowest BCUT2D eigenvalue weighted by molar-refractivity contribution is -0.132. The molecule has 1 amide bonds. The van der Waals surface area contributed by atoms with E-state index in [0.717, 1.165) is 16.8 Å². The normalized spacial score (nSPS) is 19.4. The minimum atomic E-state index is -0.888. The molecule has 7 nitrogen and oxygen atoms in total. The number of hydrogen-bond donors (Lipinski definition) is 1. The van der Waals surface area contributed by atoms with E-state index in [1.54, 1.807) is 37.3 Å². The second kappa shape index (κ2) is 8.09. The van der Waals surface area contributed by atoms with E-state index in [9.17, 15) is 14.7 Å². The molecule has 174 valence electrons. The summed E-state index contributed by atoms with van der Waals surface area (Å²) in [6.45, 7) is 7.02. The zero-order chi connectivity index (χ0) is 24.1. The summed E-state index contributed by atoms with van der Waals surface area (Å²) in [5, 5.41) is 11.4. The number of rotatable bonds is 3. The van der Waals surface area contributed by atoms with Gasteiger partial charge in [0.1, 0.15) is 35.7 Å². The lowest BCUT2D eigenvalue weighted by Gasteiger charge is -2.28. The summed E-state index contributed by atoms with van der Waals surface area (Å²) in [6.07, 6.45) is 0. The topological polar surface area (TPSA) is 83.2 Å². The van der Waals surface area contributed by atoms with Gasteiger partial charge in [0, 0.05) is 18.3 Å². The van der Waals surface area contributed by atoms with Gasteiger partial charge in [-0.1, -0.05) is 6.07 Å². The van der Waals surface area contributed by atoms with E-state index in [1.165, 1.54) is 4.90 Å². The number of carbonyl (C=O) groups is 2. The number of nitrogens with zero attached hydrogens (tertiary/aromatic N) is 2. The Hall–Kier alpha value is -4.00. The third-order valence-electron chi connectivity index (χ3n) is 6.57. The highest BCUT2D eigenvalue weighted by molar-refractivity contribution is 6.51. The van der Waals surface area contributed by atoms with Gasteiger partial charge in [0.05, 0.1) is 17.8 Å². The predicted molar refractivity (Wildman–Crippen MR) is 129 cm³/mol. The van der Waals surface area contributed by atoms with Crippen LogP contribution in [0.1, 0.15) is 34.3 Å². The van der Waals surface area contributed by atoms with E-state index in [-0.39, 0.29) is 11.3 Å². The summed E-state index contributed by atoms with van der Waals surface area (Å²) in [7, 11) is 1.94. The number of anilines is 2. The minimum absolute atomic E-state index is 0.00286. The smallest absolute Gasteiger partial charge is 0.300 e. The summed E-state index contributed by atoms with van der Waals surface area (Å²) in [4.78, 5) is 30.0. The number of amides is 1. The minimum Gasteiger partial charge on any atom is -0.507 e. The highest BCUT2D eigenvalue weighted by Crippen LogP contribution is 2.44. The van der Waals surface area contributed by atoms with Crippen LogP contribution in [-0.2, 0) is 9.59 Å². The van der Waals surface area contributed by atoms with Crippen molar-refractivity contribution < 1.29 is 23.8 Å². The maximum atomic E-state index is 13.3. The molecule has 2 aromatic carbocycles. The summed E-state index contributed by atoms with van der Waals surface area (Å²) >= 11 is 0. The van der Waals surface area contributed by atoms with Crippen molar-refractivity contribution >= 4 is 28.8 Å². The molecule has 34 heavy (non-hydrogen) atoms. The number of ketones is 1. The van der Waals surface area contributed by atoms with E-state index in [4.69, 9.17) is 9.15 Å². The fourth-order valence-corrected chi connectivity index (χ4v) is 4.50. The van der Waals surface area contributed by atoms with Crippen molar-refractivity contribution in [2.75, 3.05) is 30.0 Å². The molecule has 5 rings (SSSR count). The van der Waals surface area contributed by atoms with Gasteiger partial charge in [-0.05, 0) is 74.4 Å². The van der Waals surface area contributed by atoms with E-state index in [0.29, 0.717) is 41.7 Å². The van der Waals surface area contributed by atoms with Gasteiger partial charge in [-0.25, -0.2) is 0 Å². The summed E-state index contributed by atoms with van der Waals surface area (Å²) in [6, 6.07) is 13.5. The number of furan rings is 1. The number of fused-ring (bicyclic) bond motifs is 1. The number of likely N-dealkylation sites (N-methyl/N-ethyl adjacent to an activating group) is 1. The van der Waals surface area contributed by atoms with Crippen molar-refractivity contribution in [2.45, 2.75) is 26.8 Å². The van der Waals surface area contributed by atoms with Gasteiger partial charge in [0.25, 0.3) is 11.7 Å². The van der Waals surface area contributed by atoms with E-state index < -0.39 is 17.7 Å². The molecule has 1 N–H and O–H groups in total. The first-order valence-electron chi connectivity index (χ1n) is 11.2. The Morgan fingerprint density at radius 3 is 2.50 bits per heavy atom. The molecule has 3 aromatic rings. The van der Waals surface area contributed by atoms with Crippen LogP contribution in [0.5, 0.6) is 5.75 Å². The first kappa shape index (κ1) is 21.8. The molecule has 7 heteroatoms. The van der Waals surface area contributed by atoms with E-state index in [2.05, 4.69) is 0 Å². The lowest BCUT2D eigenvalue weighted by atomic mass is 9.98. The largest absolute Gasteiger partial charge is 0.507 e. The van der Waals surface area contributed by atoms with Gasteiger partial charge in [-0.15, -0.1) is 0 Å². The summed E-state index contributed by atoms with van der Waals surface area (Å²) < 4.78 is 11.6. The molecule has 3 heterocycles. The van der Waals surface area contributed by atoms with Crippen molar-refractivity contribution in [2.24, 2.45) is 0 Å². The van der Waals surface area contributed by atoms with Crippen LogP contribution in [0.2, 0.25) is 0 Å². The fraction of sp³-hybridized carbons (Fsp3) is 0.259. The monoisotopic (exact) mass is 458 g/mol. The molecule has 1 unspecified atom stereocenters. The number of aliphatic hydroxyl groups is 1. The van der Waals surface area contributed by atoms with Crippen LogP contribution in [0.4, 0.5) is 11.4 Å². The molecular formula is C27H26N2O5. The van der Waals surface area contributed by atoms with Crippen molar-refractivity contribution in [3.8, 4) is 5.75 Å². The van der Waals surface area contributed by atoms with Crippen LogP contribution in [0.25, 0.3) is 5.76 Å². The number of Topliss-reactive ketones (excluding diaryl/α,β-unsaturated/α-hetero) is 1. The standard InChI is InChI=1S/C27H26N2O5/c1-15-5-8-19(13-16(15)2)29-24(22-9-6-17(3)34-22)23(26(31)27(29)32)25(30)18-7-10-21-20(14-18)28(4)11-12-33-21/h5-10,13-14,24,30H,11-12H2,1-4H3/b25-23-. The number of hydrogen-bond acceptors (Lipinski definition) is 6. The zero-order valence-electron chi connectivity index (χ0n) is 19.6.